The molecule has 1 aliphatic heterocycles. The topological polar surface area (TPSA) is 106 Å². The number of aromatic amines is 1. The van der Waals surface area contributed by atoms with E-state index >= 15 is 0 Å². The first-order chi connectivity index (χ1) is 14.1. The van der Waals surface area contributed by atoms with E-state index in [1.165, 1.54) is 23.3 Å². The number of halogens is 1. The normalized spacial score (nSPS) is 15.0. The van der Waals surface area contributed by atoms with Gasteiger partial charge in [0.15, 0.2) is 0 Å². The Bertz CT molecular complexity index is 982. The summed E-state index contributed by atoms with van der Waals surface area (Å²) in [7, 11) is 0. The second-order valence-electron chi connectivity index (χ2n) is 7.28. The largest absolute Gasteiger partial charge is 0.361 e. The Kier molecular flexibility index (Phi) is 6.08. The minimum absolute atomic E-state index is 0.236. The van der Waals surface area contributed by atoms with Crippen LogP contribution >= 0.6 is 15.9 Å². The summed E-state index contributed by atoms with van der Waals surface area (Å²) < 4.78 is 1.09. The van der Waals surface area contributed by atoms with Crippen molar-refractivity contribution in [3.63, 3.8) is 0 Å². The molecule has 29 heavy (non-hydrogen) atoms. The fourth-order valence-corrected chi connectivity index (χ4v) is 4.07. The molecule has 152 valence electrons. The van der Waals surface area contributed by atoms with Crippen LogP contribution in [0, 0.1) is 5.92 Å². The number of rotatable bonds is 6. The van der Waals surface area contributed by atoms with Crippen LogP contribution in [0.5, 0.6) is 0 Å². The Morgan fingerprint density at radius 1 is 1.28 bits per heavy atom. The Morgan fingerprint density at radius 2 is 2.03 bits per heavy atom. The summed E-state index contributed by atoms with van der Waals surface area (Å²) in [6.07, 6.45) is 7.07. The molecule has 1 fully saturated rings. The first-order valence-electron chi connectivity index (χ1n) is 9.61. The molecule has 0 aliphatic carbocycles. The first kappa shape index (κ1) is 19.8. The van der Waals surface area contributed by atoms with Crippen molar-refractivity contribution in [2.75, 3.05) is 24.5 Å². The number of aromatic nitrogens is 3. The van der Waals surface area contributed by atoms with Gasteiger partial charge in [-0.1, -0.05) is 15.9 Å². The quantitative estimate of drug-likeness (QED) is 0.334. The van der Waals surface area contributed by atoms with Crippen molar-refractivity contribution < 1.29 is 10.0 Å². The molecule has 1 aliphatic rings. The lowest BCUT2D eigenvalue weighted by molar-refractivity contribution is 0.0705. The van der Waals surface area contributed by atoms with Gasteiger partial charge in [0.2, 0.25) is 5.95 Å². The van der Waals surface area contributed by atoms with E-state index < -0.39 is 5.91 Å². The van der Waals surface area contributed by atoms with Crippen molar-refractivity contribution in [1.29, 1.82) is 0 Å². The Labute approximate surface area is 176 Å². The van der Waals surface area contributed by atoms with Crippen LogP contribution in [0.25, 0.3) is 10.9 Å². The number of anilines is 1. The molecule has 0 atom stereocenters. The van der Waals surface area contributed by atoms with Gasteiger partial charge in [-0.3, -0.25) is 10.0 Å². The molecule has 0 bridgehead atoms. The standard InChI is InChI=1S/C20H23BrN6O2/c21-16-1-2-18-17(7-16)14(10-23-18)9-22-8-13-3-5-27(6-4-13)20-24-11-15(12-25-20)19(28)26-29/h1-2,7,10-13,22-23,29H,3-6,8-9H2,(H,26,28). The van der Waals surface area contributed by atoms with Crippen molar-refractivity contribution in [3.8, 4) is 0 Å². The van der Waals surface area contributed by atoms with E-state index in [0.717, 1.165) is 49.0 Å². The zero-order valence-electron chi connectivity index (χ0n) is 15.9. The van der Waals surface area contributed by atoms with Gasteiger partial charge in [0, 0.05) is 53.6 Å². The minimum Gasteiger partial charge on any atom is -0.361 e. The monoisotopic (exact) mass is 458 g/mol. The number of carbonyl (C=O) groups is 1. The molecule has 4 rings (SSSR count). The van der Waals surface area contributed by atoms with Gasteiger partial charge in [-0.15, -0.1) is 0 Å². The van der Waals surface area contributed by atoms with Gasteiger partial charge < -0.3 is 15.2 Å². The van der Waals surface area contributed by atoms with Crippen LogP contribution < -0.4 is 15.7 Å². The number of hydrogen-bond acceptors (Lipinski definition) is 6. The lowest BCUT2D eigenvalue weighted by Crippen LogP contribution is -2.38. The van der Waals surface area contributed by atoms with Gasteiger partial charge in [-0.05, 0) is 49.1 Å². The van der Waals surface area contributed by atoms with Crippen molar-refractivity contribution in [2.24, 2.45) is 5.92 Å². The maximum Gasteiger partial charge on any atom is 0.277 e. The molecule has 0 spiro atoms. The number of H-pyrrole nitrogens is 1. The van der Waals surface area contributed by atoms with Crippen molar-refractivity contribution in [2.45, 2.75) is 19.4 Å². The molecule has 1 amide bonds. The van der Waals surface area contributed by atoms with Gasteiger partial charge >= 0.3 is 0 Å². The SMILES string of the molecule is O=C(NO)c1cnc(N2CCC(CNCc3c[nH]c4ccc(Br)cc34)CC2)nc1. The number of fused-ring (bicyclic) bond motifs is 1. The summed E-state index contributed by atoms with van der Waals surface area (Å²) in [6, 6.07) is 6.28. The highest BCUT2D eigenvalue weighted by Crippen LogP contribution is 2.23. The minimum atomic E-state index is -0.608. The van der Waals surface area contributed by atoms with Crippen LogP contribution in [0.3, 0.4) is 0 Å². The van der Waals surface area contributed by atoms with Crippen molar-refractivity contribution >= 4 is 38.7 Å². The van der Waals surface area contributed by atoms with Crippen LogP contribution in [0.1, 0.15) is 28.8 Å². The predicted molar refractivity (Wildman–Crippen MR) is 114 cm³/mol. The molecule has 0 radical (unpaired) electrons. The van der Waals surface area contributed by atoms with E-state index in [0.29, 0.717) is 11.9 Å². The lowest BCUT2D eigenvalue weighted by Gasteiger charge is -2.32. The average molecular weight is 459 g/mol. The Hall–Kier alpha value is -2.49. The van der Waals surface area contributed by atoms with Gasteiger partial charge in [-0.2, -0.15) is 0 Å². The van der Waals surface area contributed by atoms with E-state index in [1.807, 2.05) is 6.07 Å². The average Bonchev–Trinajstić information content (AvgIpc) is 3.16. The highest BCUT2D eigenvalue weighted by molar-refractivity contribution is 9.10. The second-order valence-corrected chi connectivity index (χ2v) is 8.19. The van der Waals surface area contributed by atoms with Gasteiger partial charge in [0.25, 0.3) is 5.91 Å². The van der Waals surface area contributed by atoms with E-state index in [-0.39, 0.29) is 5.56 Å². The van der Waals surface area contributed by atoms with Crippen molar-refractivity contribution in [1.82, 2.24) is 25.7 Å². The fraction of sp³-hybridized carbons (Fsp3) is 0.350. The number of piperidine rings is 1. The van der Waals surface area contributed by atoms with Crippen LogP contribution in [0.2, 0.25) is 0 Å². The maximum atomic E-state index is 11.4. The van der Waals surface area contributed by atoms with Crippen LogP contribution in [-0.2, 0) is 6.54 Å². The van der Waals surface area contributed by atoms with Gasteiger partial charge in [-0.25, -0.2) is 15.4 Å². The van der Waals surface area contributed by atoms with Crippen LogP contribution in [0.4, 0.5) is 5.95 Å². The number of nitrogens with zero attached hydrogens (tertiary/aromatic N) is 3. The van der Waals surface area contributed by atoms with E-state index in [2.05, 4.69) is 59.4 Å². The molecule has 3 heterocycles. The maximum absolute atomic E-state index is 11.4. The molecule has 4 N–H and O–H groups in total. The summed E-state index contributed by atoms with van der Waals surface area (Å²) in [4.78, 5) is 25.3. The number of hydrogen-bond donors (Lipinski definition) is 4. The molecule has 0 unspecified atom stereocenters. The Morgan fingerprint density at radius 3 is 2.76 bits per heavy atom. The number of hydroxylamine groups is 1. The lowest BCUT2D eigenvalue weighted by atomic mass is 9.97. The second kappa shape index (κ2) is 8.89. The number of nitrogens with one attached hydrogen (secondary N) is 3. The summed E-state index contributed by atoms with van der Waals surface area (Å²) in [5.41, 5.74) is 4.25. The van der Waals surface area contributed by atoms with E-state index in [1.54, 1.807) is 5.48 Å². The first-order valence-corrected chi connectivity index (χ1v) is 10.4. The fourth-order valence-electron chi connectivity index (χ4n) is 3.71. The third-order valence-electron chi connectivity index (χ3n) is 5.38. The molecular weight excluding hydrogens is 436 g/mol. The smallest absolute Gasteiger partial charge is 0.277 e. The third kappa shape index (κ3) is 4.58. The molecule has 1 aromatic carbocycles. The molecule has 9 heteroatoms. The highest BCUT2D eigenvalue weighted by Gasteiger charge is 2.21. The predicted octanol–water partition coefficient (Wildman–Crippen LogP) is 2.85. The van der Waals surface area contributed by atoms with Gasteiger partial charge in [0.1, 0.15) is 0 Å². The van der Waals surface area contributed by atoms with Crippen LogP contribution in [-0.4, -0.2) is 45.7 Å². The molecule has 8 nitrogen and oxygen atoms in total. The number of amides is 1. The summed E-state index contributed by atoms with van der Waals surface area (Å²) in [5, 5.41) is 13.5. The van der Waals surface area contributed by atoms with E-state index in [4.69, 9.17) is 5.21 Å². The van der Waals surface area contributed by atoms with Crippen molar-refractivity contribution in [3.05, 3.63) is 52.4 Å². The molecule has 0 saturated carbocycles. The van der Waals surface area contributed by atoms with E-state index in [9.17, 15) is 4.79 Å². The van der Waals surface area contributed by atoms with Crippen LogP contribution in [0.15, 0.2) is 41.3 Å². The summed E-state index contributed by atoms with van der Waals surface area (Å²) in [6.45, 7) is 3.59. The summed E-state index contributed by atoms with van der Waals surface area (Å²) >= 11 is 3.54. The zero-order valence-corrected chi connectivity index (χ0v) is 17.4. The molecule has 1 saturated heterocycles. The zero-order chi connectivity index (χ0) is 20.2. The van der Waals surface area contributed by atoms with Gasteiger partial charge in [0.05, 0.1) is 5.56 Å². The molecule has 3 aromatic rings. The third-order valence-corrected chi connectivity index (χ3v) is 5.87. The molecular formula is C20H23BrN6O2. The number of benzene rings is 1. The summed E-state index contributed by atoms with van der Waals surface area (Å²) in [5.74, 6) is 0.627. The Balaban J connectivity index is 1.25. The molecule has 2 aromatic heterocycles. The number of carbonyl (C=O) groups excluding carboxylic acids is 1. The highest BCUT2D eigenvalue weighted by atomic mass is 79.9.